The van der Waals surface area contributed by atoms with Gasteiger partial charge in [-0.15, -0.1) is 11.3 Å². The summed E-state index contributed by atoms with van der Waals surface area (Å²) in [5.74, 6) is -0.769. The van der Waals surface area contributed by atoms with E-state index < -0.39 is 36.8 Å². The summed E-state index contributed by atoms with van der Waals surface area (Å²) in [7, 11) is -5.76. The topological polar surface area (TPSA) is 143 Å². The number of benzene rings is 1. The number of likely N-dealkylation sites (N-methyl/N-ethyl adjacent to an activating group) is 1. The minimum absolute atomic E-state index is 0.0906. The van der Waals surface area contributed by atoms with Crippen molar-refractivity contribution in [2.24, 2.45) is 0 Å². The first-order chi connectivity index (χ1) is 21.4. The molecule has 45 heavy (non-hydrogen) atoms. The highest BCUT2D eigenvalue weighted by atomic mass is 32.1. The van der Waals surface area contributed by atoms with Crippen molar-refractivity contribution in [1.82, 2.24) is 25.0 Å². The number of fused-ring (bicyclic) bond motifs is 2. The number of nitrogens with zero attached hydrogens (tertiary/aromatic N) is 4. The van der Waals surface area contributed by atoms with Crippen molar-refractivity contribution in [2.45, 2.75) is 55.9 Å². The van der Waals surface area contributed by atoms with Gasteiger partial charge in [-0.05, 0) is 61.0 Å². The van der Waals surface area contributed by atoms with Gasteiger partial charge in [0.2, 0.25) is 11.8 Å². The molecule has 3 N–H and O–H groups in total. The number of aromatic nitrogens is 1. The van der Waals surface area contributed by atoms with E-state index in [-0.39, 0.29) is 34.0 Å². The van der Waals surface area contributed by atoms with Gasteiger partial charge in [0.15, 0.2) is 0 Å². The molecule has 240 valence electrons. The molecule has 0 unspecified atom stereocenters. The molecule has 0 saturated carbocycles. The Kier molecular flexibility index (Phi) is 8.55. The number of carbonyl (C=O) groups excluding carboxylic acids is 3. The van der Waals surface area contributed by atoms with Gasteiger partial charge in [0.05, 0.1) is 4.88 Å². The third-order valence-corrected chi connectivity index (χ3v) is 11.2. The largest absolute Gasteiger partial charge is 0.399 e. The number of hydrogen-bond donors (Lipinski definition) is 3. The number of hydrogen-bond acceptors (Lipinski definition) is 7. The van der Waals surface area contributed by atoms with Crippen molar-refractivity contribution < 1.29 is 37.5 Å². The number of nitrogens with one attached hydrogen (secondary N) is 1. The number of carbonyl (C=O) groups is 3. The van der Waals surface area contributed by atoms with E-state index in [1.807, 2.05) is 19.1 Å². The zero-order valence-electron chi connectivity index (χ0n) is 24.5. The van der Waals surface area contributed by atoms with Gasteiger partial charge in [-0.25, -0.2) is 0 Å². The van der Waals surface area contributed by atoms with Crippen LogP contribution in [0.3, 0.4) is 0 Å². The summed E-state index contributed by atoms with van der Waals surface area (Å²) in [6.07, 6.45) is 5.06. The lowest BCUT2D eigenvalue weighted by Crippen LogP contribution is -2.61. The van der Waals surface area contributed by atoms with Crippen LogP contribution in [0.2, 0.25) is 0 Å². The molecule has 1 aromatic carbocycles. The first-order valence-electron chi connectivity index (χ1n) is 14.9. The predicted molar refractivity (Wildman–Crippen MR) is 163 cm³/mol. The Bertz CT molecular complexity index is 1660. The molecule has 3 aliphatic rings. The van der Waals surface area contributed by atoms with Crippen LogP contribution in [0.15, 0.2) is 48.8 Å². The second-order valence-corrected chi connectivity index (χ2v) is 14.6. The van der Waals surface area contributed by atoms with Crippen molar-refractivity contribution in [1.29, 1.82) is 0 Å². The average Bonchev–Trinajstić information content (AvgIpc) is 3.60. The first-order valence-corrected chi connectivity index (χ1v) is 17.3. The molecule has 0 aliphatic carbocycles. The number of thiophene rings is 1. The Morgan fingerprint density at radius 3 is 2.60 bits per heavy atom. The highest BCUT2D eigenvalue weighted by Gasteiger charge is 2.51. The number of rotatable bonds is 7. The number of amides is 3. The summed E-state index contributed by atoms with van der Waals surface area (Å²) in [5.41, 5.74) is -4.16. The van der Waals surface area contributed by atoms with Crippen molar-refractivity contribution in [3.05, 3.63) is 64.8 Å². The summed E-state index contributed by atoms with van der Waals surface area (Å²) in [5, 5.41) is 3.06. The van der Waals surface area contributed by atoms with Crippen LogP contribution >= 0.6 is 18.9 Å². The highest BCUT2D eigenvalue weighted by Crippen LogP contribution is 2.59. The lowest BCUT2D eigenvalue weighted by atomic mass is 9.92. The third-order valence-electron chi connectivity index (χ3n) is 9.10. The number of likely N-dealkylation sites (tertiary alicyclic amines) is 1. The minimum Gasteiger partial charge on any atom is -0.340 e. The lowest BCUT2D eigenvalue weighted by Gasteiger charge is -2.44. The summed E-state index contributed by atoms with van der Waals surface area (Å²) in [6.45, 7) is 5.10. The molecule has 0 spiro atoms. The number of halogens is 2. The van der Waals surface area contributed by atoms with Crippen LogP contribution in [0.5, 0.6) is 0 Å². The van der Waals surface area contributed by atoms with Gasteiger partial charge in [0.1, 0.15) is 12.1 Å². The van der Waals surface area contributed by atoms with Crippen LogP contribution in [0.4, 0.5) is 8.78 Å². The van der Waals surface area contributed by atoms with Gasteiger partial charge < -0.3 is 29.8 Å². The molecule has 5 heterocycles. The number of pyridine rings is 1. The minimum atomic E-state index is -5.76. The maximum absolute atomic E-state index is 14.3. The molecule has 11 nitrogen and oxygen atoms in total. The monoisotopic (exact) mass is 661 g/mol. The SMILES string of the molecule is CCN1CC[C@H](NC(=O)c2cc3cc(C(F)(F)P(=O)(O)O)ccc3s2)C(=O)N2[C@H](CC[C@H]2C(=O)N2CC(c3cccnc3)C2)C1. The van der Waals surface area contributed by atoms with Crippen LogP contribution in [-0.2, 0) is 19.8 Å². The predicted octanol–water partition coefficient (Wildman–Crippen LogP) is 3.33. The second kappa shape index (κ2) is 12.1. The molecule has 3 aliphatic heterocycles. The summed E-state index contributed by atoms with van der Waals surface area (Å²) >= 11 is 1.02. The average molecular weight is 662 g/mol. The Hall–Kier alpha value is -3.29. The summed E-state index contributed by atoms with van der Waals surface area (Å²) in [6, 6.07) is 6.72. The van der Waals surface area contributed by atoms with E-state index in [4.69, 9.17) is 9.79 Å². The van der Waals surface area contributed by atoms with Crippen LogP contribution in [0.25, 0.3) is 10.1 Å². The molecule has 0 radical (unpaired) electrons. The van der Waals surface area contributed by atoms with Gasteiger partial charge in [-0.1, -0.05) is 19.1 Å². The molecule has 0 bridgehead atoms. The Labute approximate surface area is 262 Å². The van der Waals surface area contributed by atoms with Gasteiger partial charge in [-0.3, -0.25) is 23.9 Å². The van der Waals surface area contributed by atoms with Gasteiger partial charge in [-0.2, -0.15) is 8.78 Å². The van der Waals surface area contributed by atoms with Crippen molar-refractivity contribution in [2.75, 3.05) is 32.7 Å². The maximum atomic E-state index is 14.3. The second-order valence-electron chi connectivity index (χ2n) is 11.9. The van der Waals surface area contributed by atoms with E-state index in [0.717, 1.165) is 35.6 Å². The molecular formula is C30H34F2N5O6PS. The molecule has 3 saturated heterocycles. The normalized spacial score (nSPS) is 23.4. The summed E-state index contributed by atoms with van der Waals surface area (Å²) < 4.78 is 40.4. The van der Waals surface area contributed by atoms with Gasteiger partial charge >= 0.3 is 13.3 Å². The highest BCUT2D eigenvalue weighted by molar-refractivity contribution is 7.52. The van der Waals surface area contributed by atoms with E-state index in [2.05, 4.69) is 15.2 Å². The molecule has 3 aromatic rings. The smallest absolute Gasteiger partial charge is 0.340 e. The Morgan fingerprint density at radius 2 is 1.91 bits per heavy atom. The maximum Gasteiger partial charge on any atom is 0.399 e. The van der Waals surface area contributed by atoms with Crippen LogP contribution < -0.4 is 5.32 Å². The molecule has 3 amide bonds. The van der Waals surface area contributed by atoms with E-state index in [1.54, 1.807) is 22.2 Å². The summed E-state index contributed by atoms with van der Waals surface area (Å²) in [4.78, 5) is 69.4. The van der Waals surface area contributed by atoms with Crippen molar-refractivity contribution >= 4 is 46.7 Å². The van der Waals surface area contributed by atoms with E-state index in [0.29, 0.717) is 50.1 Å². The van der Waals surface area contributed by atoms with E-state index in [9.17, 15) is 27.7 Å². The Balaban J connectivity index is 1.19. The fraction of sp³-hybridized carbons (Fsp3) is 0.467. The Morgan fingerprint density at radius 1 is 1.13 bits per heavy atom. The molecule has 3 fully saturated rings. The van der Waals surface area contributed by atoms with Crippen LogP contribution in [0.1, 0.15) is 52.9 Å². The molecular weight excluding hydrogens is 627 g/mol. The third kappa shape index (κ3) is 6.01. The van der Waals surface area contributed by atoms with Crippen LogP contribution in [0, 0.1) is 0 Å². The van der Waals surface area contributed by atoms with E-state index >= 15 is 0 Å². The fourth-order valence-electron chi connectivity index (χ4n) is 6.50. The number of alkyl halides is 2. The van der Waals surface area contributed by atoms with Gasteiger partial charge in [0.25, 0.3) is 5.91 Å². The quantitative estimate of drug-likeness (QED) is 0.328. The van der Waals surface area contributed by atoms with E-state index in [1.165, 1.54) is 12.1 Å². The standard InChI is InChI=1S/C30H34F2N5O6PS/c1-2-35-11-9-23(34-27(38)26-13-19-12-21(5-8-25(19)45-26)30(31,32)44(41,42)43)28(39)37-22(17-35)6-7-24(37)29(40)36-15-20(16-36)18-4-3-10-33-14-18/h3-5,8,10,12-14,20,22-24H,2,6-7,9,11,15-17H2,1H3,(H,34,38)(H2,41,42,43)/t22-,23+,24+/m1/s1. The molecule has 15 heteroatoms. The molecule has 2 aromatic heterocycles. The van der Waals surface area contributed by atoms with Crippen molar-refractivity contribution in [3.63, 3.8) is 0 Å². The van der Waals surface area contributed by atoms with Gasteiger partial charge in [0, 0.05) is 60.8 Å². The lowest BCUT2D eigenvalue weighted by molar-refractivity contribution is -0.150. The van der Waals surface area contributed by atoms with Crippen molar-refractivity contribution in [3.8, 4) is 0 Å². The zero-order valence-corrected chi connectivity index (χ0v) is 26.2. The molecule has 3 atom stereocenters. The fourth-order valence-corrected chi connectivity index (χ4v) is 7.92. The van der Waals surface area contributed by atoms with Crippen LogP contribution in [-0.4, -0.2) is 98.0 Å². The molecule has 6 rings (SSSR count). The zero-order chi connectivity index (χ0) is 32.1. The first kappa shape index (κ1) is 31.7.